The van der Waals surface area contributed by atoms with Crippen LogP contribution in [0.3, 0.4) is 0 Å². The van der Waals surface area contributed by atoms with Gasteiger partial charge in [-0.25, -0.2) is 0 Å². The van der Waals surface area contributed by atoms with Crippen LogP contribution in [-0.4, -0.2) is 36.3 Å². The number of ether oxygens (including phenoxy) is 1. The fraction of sp³-hybridized carbons (Fsp3) is 0.433. The van der Waals surface area contributed by atoms with E-state index >= 15 is 0 Å². The SMILES string of the molecule is C[C@@H](N[C@H]1CCN(c2ccc(CC(=O)O)c(OC3CCCCC3)c2)C1)c1cccc2ccccc12. The number of carbonyl (C=O) groups is 1. The van der Waals surface area contributed by atoms with Gasteiger partial charge in [-0.15, -0.1) is 0 Å². The zero-order valence-electron chi connectivity index (χ0n) is 20.6. The Morgan fingerprint density at radius 1 is 1.06 bits per heavy atom. The molecule has 1 saturated carbocycles. The molecule has 0 spiro atoms. The van der Waals surface area contributed by atoms with Crippen molar-refractivity contribution in [1.29, 1.82) is 0 Å². The highest BCUT2D eigenvalue weighted by Gasteiger charge is 2.26. The van der Waals surface area contributed by atoms with Crippen molar-refractivity contribution < 1.29 is 14.6 Å². The molecule has 3 aromatic rings. The summed E-state index contributed by atoms with van der Waals surface area (Å²) in [7, 11) is 0. The summed E-state index contributed by atoms with van der Waals surface area (Å²) in [5.41, 5.74) is 3.22. The summed E-state index contributed by atoms with van der Waals surface area (Å²) < 4.78 is 6.37. The van der Waals surface area contributed by atoms with Crippen LogP contribution >= 0.6 is 0 Å². The minimum Gasteiger partial charge on any atom is -0.490 e. The Kier molecular flexibility index (Phi) is 7.24. The summed E-state index contributed by atoms with van der Waals surface area (Å²) in [5, 5.41) is 15.8. The molecular weight excluding hydrogens is 436 g/mol. The minimum absolute atomic E-state index is 0.00490. The predicted octanol–water partition coefficient (Wildman–Crippen LogP) is 6.11. The molecule has 5 nitrogen and oxygen atoms in total. The first kappa shape index (κ1) is 23.7. The number of rotatable bonds is 8. The van der Waals surface area contributed by atoms with E-state index in [9.17, 15) is 9.90 Å². The van der Waals surface area contributed by atoms with Crippen molar-refractivity contribution in [2.45, 2.75) is 70.1 Å². The maximum atomic E-state index is 11.4. The van der Waals surface area contributed by atoms with Gasteiger partial charge in [-0.1, -0.05) is 55.0 Å². The van der Waals surface area contributed by atoms with Crippen molar-refractivity contribution in [3.8, 4) is 5.75 Å². The molecule has 2 fully saturated rings. The van der Waals surface area contributed by atoms with Gasteiger partial charge >= 0.3 is 5.97 Å². The maximum Gasteiger partial charge on any atom is 0.307 e. The fourth-order valence-corrected chi connectivity index (χ4v) is 5.72. The van der Waals surface area contributed by atoms with Gasteiger partial charge in [0.15, 0.2) is 0 Å². The Bertz CT molecular complexity index is 1170. The molecule has 0 radical (unpaired) electrons. The number of fused-ring (bicyclic) bond motifs is 1. The third kappa shape index (κ3) is 5.62. The molecule has 0 unspecified atom stereocenters. The number of benzene rings is 3. The summed E-state index contributed by atoms with van der Waals surface area (Å²) in [4.78, 5) is 13.8. The molecule has 3 aromatic carbocycles. The quantitative estimate of drug-likeness (QED) is 0.414. The van der Waals surface area contributed by atoms with E-state index in [-0.39, 0.29) is 18.6 Å². The molecule has 1 aliphatic carbocycles. The molecule has 2 N–H and O–H groups in total. The van der Waals surface area contributed by atoms with Gasteiger partial charge in [0.2, 0.25) is 0 Å². The zero-order valence-corrected chi connectivity index (χ0v) is 20.6. The molecule has 0 amide bonds. The van der Waals surface area contributed by atoms with Crippen LogP contribution in [0.15, 0.2) is 60.7 Å². The van der Waals surface area contributed by atoms with E-state index in [0.717, 1.165) is 49.4 Å². The molecule has 2 atom stereocenters. The van der Waals surface area contributed by atoms with Crippen LogP contribution < -0.4 is 15.0 Å². The lowest BCUT2D eigenvalue weighted by atomic mass is 9.97. The monoisotopic (exact) mass is 472 g/mol. The largest absolute Gasteiger partial charge is 0.490 e. The second-order valence-corrected chi connectivity index (χ2v) is 10.1. The normalized spacial score (nSPS) is 19.7. The minimum atomic E-state index is -0.820. The van der Waals surface area contributed by atoms with Gasteiger partial charge in [-0.05, 0) is 61.4 Å². The number of hydrogen-bond donors (Lipinski definition) is 2. The van der Waals surface area contributed by atoms with Crippen LogP contribution in [0.25, 0.3) is 10.8 Å². The third-order valence-electron chi connectivity index (χ3n) is 7.57. The summed E-state index contributed by atoms with van der Waals surface area (Å²) in [6.07, 6.45) is 7.01. The van der Waals surface area contributed by atoms with Crippen LogP contribution in [0.2, 0.25) is 0 Å². The summed E-state index contributed by atoms with van der Waals surface area (Å²) in [6.45, 7) is 4.15. The van der Waals surface area contributed by atoms with Crippen molar-refractivity contribution >= 4 is 22.4 Å². The topological polar surface area (TPSA) is 61.8 Å². The van der Waals surface area contributed by atoms with E-state index < -0.39 is 5.97 Å². The van der Waals surface area contributed by atoms with Crippen molar-refractivity contribution in [2.75, 3.05) is 18.0 Å². The summed E-state index contributed by atoms with van der Waals surface area (Å²) in [5.74, 6) is -0.0727. The van der Waals surface area contributed by atoms with E-state index in [0.29, 0.717) is 6.04 Å². The molecule has 1 heterocycles. The summed E-state index contributed by atoms with van der Waals surface area (Å²) >= 11 is 0. The lowest BCUT2D eigenvalue weighted by Gasteiger charge is -2.26. The van der Waals surface area contributed by atoms with E-state index in [2.05, 4.69) is 71.7 Å². The van der Waals surface area contributed by atoms with Gasteiger partial charge < -0.3 is 20.1 Å². The van der Waals surface area contributed by atoms with Gasteiger partial charge in [-0.2, -0.15) is 0 Å². The van der Waals surface area contributed by atoms with Gasteiger partial charge in [0.05, 0.1) is 12.5 Å². The molecule has 0 aromatic heterocycles. The molecule has 35 heavy (non-hydrogen) atoms. The molecule has 5 heteroatoms. The predicted molar refractivity (Wildman–Crippen MR) is 141 cm³/mol. The Labute approximate surface area is 208 Å². The first-order valence-electron chi connectivity index (χ1n) is 13.1. The zero-order chi connectivity index (χ0) is 24.2. The molecular formula is C30H36N2O3. The number of carboxylic acid groups (broad SMARTS) is 1. The second-order valence-electron chi connectivity index (χ2n) is 10.1. The van der Waals surface area contributed by atoms with Crippen molar-refractivity contribution in [2.24, 2.45) is 0 Å². The van der Waals surface area contributed by atoms with E-state index in [1.165, 1.54) is 35.6 Å². The number of carboxylic acids is 1. The van der Waals surface area contributed by atoms with Crippen LogP contribution in [0.5, 0.6) is 5.75 Å². The number of anilines is 1. The molecule has 0 bridgehead atoms. The molecule has 1 aliphatic heterocycles. The average molecular weight is 473 g/mol. The lowest BCUT2D eigenvalue weighted by Crippen LogP contribution is -2.34. The van der Waals surface area contributed by atoms with E-state index in [1.54, 1.807) is 0 Å². The van der Waals surface area contributed by atoms with E-state index in [4.69, 9.17) is 4.74 Å². The Morgan fingerprint density at radius 3 is 2.69 bits per heavy atom. The van der Waals surface area contributed by atoms with Gasteiger partial charge in [0, 0.05) is 42.5 Å². The van der Waals surface area contributed by atoms with Crippen molar-refractivity contribution in [1.82, 2.24) is 5.32 Å². The highest BCUT2D eigenvalue weighted by Crippen LogP contribution is 2.32. The summed E-state index contributed by atoms with van der Waals surface area (Å²) in [6, 6.07) is 21.8. The van der Waals surface area contributed by atoms with Gasteiger partial charge in [-0.3, -0.25) is 4.79 Å². The highest BCUT2D eigenvalue weighted by molar-refractivity contribution is 5.86. The Morgan fingerprint density at radius 2 is 1.86 bits per heavy atom. The fourth-order valence-electron chi connectivity index (χ4n) is 5.72. The maximum absolute atomic E-state index is 11.4. The van der Waals surface area contributed by atoms with Crippen molar-refractivity contribution in [3.05, 3.63) is 71.8 Å². The smallest absolute Gasteiger partial charge is 0.307 e. The van der Waals surface area contributed by atoms with Crippen LogP contribution in [0.1, 0.15) is 62.6 Å². The lowest BCUT2D eigenvalue weighted by molar-refractivity contribution is -0.136. The van der Waals surface area contributed by atoms with Gasteiger partial charge in [0.1, 0.15) is 5.75 Å². The molecule has 5 rings (SSSR count). The standard InChI is InChI=1S/C30H36N2O3/c1-21(27-13-7-9-22-8-5-6-12-28(22)27)31-24-16-17-32(20-24)25-15-14-23(18-30(33)34)29(19-25)35-26-10-3-2-4-11-26/h5-9,12-15,19,21,24,26,31H,2-4,10-11,16-18,20H2,1H3,(H,33,34)/t21-,24+/m1/s1. The van der Waals surface area contributed by atoms with Crippen LogP contribution in [-0.2, 0) is 11.2 Å². The van der Waals surface area contributed by atoms with Gasteiger partial charge in [0.25, 0.3) is 0 Å². The van der Waals surface area contributed by atoms with Crippen molar-refractivity contribution in [3.63, 3.8) is 0 Å². The molecule has 184 valence electrons. The van der Waals surface area contributed by atoms with E-state index in [1.807, 2.05) is 6.07 Å². The average Bonchev–Trinajstić information content (AvgIpc) is 3.33. The third-order valence-corrected chi connectivity index (χ3v) is 7.57. The number of nitrogens with zero attached hydrogens (tertiary/aromatic N) is 1. The van der Waals surface area contributed by atoms with Crippen LogP contribution in [0, 0.1) is 0 Å². The Hall–Kier alpha value is -3.05. The molecule has 1 saturated heterocycles. The Balaban J connectivity index is 1.28. The second kappa shape index (κ2) is 10.7. The first-order chi connectivity index (χ1) is 17.1. The molecule has 2 aliphatic rings. The number of aliphatic carboxylic acids is 1. The number of nitrogens with one attached hydrogen (secondary N) is 1. The first-order valence-corrected chi connectivity index (χ1v) is 13.1. The number of hydrogen-bond acceptors (Lipinski definition) is 4. The highest BCUT2D eigenvalue weighted by atomic mass is 16.5. The van der Waals surface area contributed by atoms with Crippen LogP contribution in [0.4, 0.5) is 5.69 Å².